The van der Waals surface area contributed by atoms with Gasteiger partial charge in [-0.2, -0.15) is 0 Å². The van der Waals surface area contributed by atoms with Gasteiger partial charge in [0.15, 0.2) is 9.84 Å². The van der Waals surface area contributed by atoms with Gasteiger partial charge in [-0.25, -0.2) is 8.42 Å². The van der Waals surface area contributed by atoms with Crippen LogP contribution in [0.3, 0.4) is 0 Å². The predicted molar refractivity (Wildman–Crippen MR) is 69.9 cm³/mol. The molecule has 2 rings (SSSR count). The van der Waals surface area contributed by atoms with Crippen LogP contribution >= 0.6 is 0 Å². The molecule has 2 unspecified atom stereocenters. The summed E-state index contributed by atoms with van der Waals surface area (Å²) < 4.78 is 23.3. The largest absolute Gasteiger partial charge is 0.310 e. The van der Waals surface area contributed by atoms with Crippen molar-refractivity contribution in [3.05, 3.63) is 0 Å². The molecule has 0 amide bonds. The zero-order chi connectivity index (χ0) is 12.5. The fourth-order valence-electron chi connectivity index (χ4n) is 3.01. The van der Waals surface area contributed by atoms with Crippen LogP contribution in [-0.2, 0) is 9.84 Å². The third-order valence-corrected chi connectivity index (χ3v) is 5.55. The topological polar surface area (TPSA) is 49.4 Å². The van der Waals surface area contributed by atoms with Gasteiger partial charge in [0.1, 0.15) is 0 Å². The van der Waals surface area contributed by atoms with Crippen molar-refractivity contribution in [2.24, 2.45) is 0 Å². The molecule has 2 aliphatic heterocycles. The van der Waals surface area contributed by atoms with Crippen molar-refractivity contribution >= 4 is 9.84 Å². The third kappa shape index (κ3) is 3.66. The van der Waals surface area contributed by atoms with Crippen molar-refractivity contribution in [1.29, 1.82) is 0 Å². The molecule has 0 spiro atoms. The number of nitrogens with zero attached hydrogens (tertiary/aromatic N) is 1. The van der Waals surface area contributed by atoms with E-state index in [4.69, 9.17) is 0 Å². The number of rotatable bonds is 3. The fraction of sp³-hybridized carbons (Fsp3) is 1.00. The quantitative estimate of drug-likeness (QED) is 0.809. The molecule has 0 aromatic carbocycles. The normalized spacial score (nSPS) is 34.3. The second-order valence-corrected chi connectivity index (χ2v) is 7.94. The van der Waals surface area contributed by atoms with E-state index in [9.17, 15) is 8.42 Å². The van der Waals surface area contributed by atoms with E-state index in [0.29, 0.717) is 23.6 Å². The lowest BCUT2D eigenvalue weighted by atomic mass is 10.1. The van der Waals surface area contributed by atoms with Gasteiger partial charge < -0.3 is 5.32 Å². The maximum Gasteiger partial charge on any atom is 0.151 e. The van der Waals surface area contributed by atoms with E-state index < -0.39 is 9.84 Å². The van der Waals surface area contributed by atoms with Crippen LogP contribution in [0, 0.1) is 0 Å². The van der Waals surface area contributed by atoms with Crippen LogP contribution in [0.5, 0.6) is 0 Å². The van der Waals surface area contributed by atoms with Gasteiger partial charge >= 0.3 is 0 Å². The van der Waals surface area contributed by atoms with Crippen LogP contribution < -0.4 is 5.32 Å². The first kappa shape index (κ1) is 13.3. The minimum Gasteiger partial charge on any atom is -0.310 e. The van der Waals surface area contributed by atoms with Crippen LogP contribution in [0.15, 0.2) is 0 Å². The number of nitrogens with one attached hydrogen (secondary N) is 1. The molecule has 0 aromatic heterocycles. The van der Waals surface area contributed by atoms with Crippen LogP contribution in [0.1, 0.15) is 33.1 Å². The SMILES string of the molecule is CC(C)NC1CCN(C2CCCS(=O)(=O)C2)C1. The minimum atomic E-state index is -2.77. The Bertz CT molecular complexity index is 354. The van der Waals surface area contributed by atoms with E-state index in [2.05, 4.69) is 24.1 Å². The summed E-state index contributed by atoms with van der Waals surface area (Å²) in [6.07, 6.45) is 3.04. The summed E-state index contributed by atoms with van der Waals surface area (Å²) in [6, 6.07) is 1.32. The number of sulfone groups is 1. The van der Waals surface area contributed by atoms with Crippen molar-refractivity contribution in [3.63, 3.8) is 0 Å². The van der Waals surface area contributed by atoms with Gasteiger partial charge in [-0.15, -0.1) is 0 Å². The first-order chi connectivity index (χ1) is 7.96. The van der Waals surface area contributed by atoms with E-state index in [1.54, 1.807) is 0 Å². The monoisotopic (exact) mass is 260 g/mol. The zero-order valence-corrected chi connectivity index (χ0v) is 11.7. The van der Waals surface area contributed by atoms with E-state index in [1.165, 1.54) is 0 Å². The molecular formula is C12H24N2O2S. The summed E-state index contributed by atoms with van der Waals surface area (Å²) in [6.45, 7) is 6.38. The Kier molecular flexibility index (Phi) is 4.10. The Morgan fingerprint density at radius 3 is 2.71 bits per heavy atom. The van der Waals surface area contributed by atoms with Crippen molar-refractivity contribution in [1.82, 2.24) is 10.2 Å². The van der Waals surface area contributed by atoms with Gasteiger partial charge in [0.25, 0.3) is 0 Å². The highest BCUT2D eigenvalue weighted by atomic mass is 32.2. The molecule has 0 aliphatic carbocycles. The molecule has 2 aliphatic rings. The molecule has 100 valence electrons. The van der Waals surface area contributed by atoms with E-state index in [0.717, 1.165) is 32.4 Å². The molecule has 2 fully saturated rings. The predicted octanol–water partition coefficient (Wildman–Crippen LogP) is 0.636. The average molecular weight is 260 g/mol. The first-order valence-electron chi connectivity index (χ1n) is 6.67. The molecule has 0 saturated carbocycles. The average Bonchev–Trinajstić information content (AvgIpc) is 2.63. The van der Waals surface area contributed by atoms with Gasteiger partial charge in [-0.1, -0.05) is 13.8 Å². The van der Waals surface area contributed by atoms with E-state index >= 15 is 0 Å². The van der Waals surface area contributed by atoms with Crippen LogP contribution in [0.25, 0.3) is 0 Å². The molecule has 0 aromatic rings. The summed E-state index contributed by atoms with van der Waals surface area (Å²) in [5.41, 5.74) is 0. The van der Waals surface area contributed by atoms with Crippen LogP contribution in [0.4, 0.5) is 0 Å². The molecular weight excluding hydrogens is 236 g/mol. The van der Waals surface area contributed by atoms with Gasteiger partial charge in [0, 0.05) is 31.2 Å². The van der Waals surface area contributed by atoms with E-state index in [1.807, 2.05) is 0 Å². The van der Waals surface area contributed by atoms with Crippen molar-refractivity contribution < 1.29 is 8.42 Å². The lowest BCUT2D eigenvalue weighted by Gasteiger charge is -2.31. The van der Waals surface area contributed by atoms with Crippen molar-refractivity contribution in [2.45, 2.75) is 51.2 Å². The molecule has 2 heterocycles. The Balaban J connectivity index is 1.88. The highest BCUT2D eigenvalue weighted by molar-refractivity contribution is 7.91. The smallest absolute Gasteiger partial charge is 0.151 e. The summed E-state index contributed by atoms with van der Waals surface area (Å²) in [5.74, 6) is 0.770. The third-order valence-electron chi connectivity index (χ3n) is 3.74. The summed E-state index contributed by atoms with van der Waals surface area (Å²) in [5, 5.41) is 3.54. The molecule has 17 heavy (non-hydrogen) atoms. The molecule has 4 nitrogen and oxygen atoms in total. The lowest BCUT2D eigenvalue weighted by Crippen LogP contribution is -2.44. The first-order valence-corrected chi connectivity index (χ1v) is 8.49. The summed E-state index contributed by atoms with van der Waals surface area (Å²) in [4.78, 5) is 2.37. The highest BCUT2D eigenvalue weighted by Gasteiger charge is 2.33. The minimum absolute atomic E-state index is 0.271. The van der Waals surface area contributed by atoms with Crippen LogP contribution in [0.2, 0.25) is 0 Å². The van der Waals surface area contributed by atoms with Crippen molar-refractivity contribution in [3.8, 4) is 0 Å². The number of hydrogen-bond acceptors (Lipinski definition) is 4. The fourth-order valence-corrected chi connectivity index (χ4v) is 4.75. The second kappa shape index (κ2) is 5.24. The Morgan fingerprint density at radius 1 is 1.29 bits per heavy atom. The zero-order valence-electron chi connectivity index (χ0n) is 10.9. The Hall–Kier alpha value is -0.130. The Labute approximate surface area is 105 Å². The standard InChI is InChI=1S/C12H24N2O2S/c1-10(2)13-11-5-6-14(8-11)12-4-3-7-17(15,16)9-12/h10-13H,3-9H2,1-2H3. The Morgan fingerprint density at radius 2 is 2.06 bits per heavy atom. The van der Waals surface area contributed by atoms with E-state index in [-0.39, 0.29) is 6.04 Å². The molecule has 2 atom stereocenters. The van der Waals surface area contributed by atoms with Gasteiger partial charge in [0.2, 0.25) is 0 Å². The maximum atomic E-state index is 11.6. The molecule has 0 bridgehead atoms. The molecule has 5 heteroatoms. The second-order valence-electron chi connectivity index (χ2n) is 5.71. The van der Waals surface area contributed by atoms with Gasteiger partial charge in [-0.05, 0) is 19.3 Å². The number of likely N-dealkylation sites (tertiary alicyclic amines) is 1. The molecule has 1 N–H and O–H groups in total. The van der Waals surface area contributed by atoms with Gasteiger partial charge in [-0.3, -0.25) is 4.90 Å². The molecule has 0 radical (unpaired) electrons. The summed E-state index contributed by atoms with van der Waals surface area (Å²) in [7, 11) is -2.77. The summed E-state index contributed by atoms with van der Waals surface area (Å²) >= 11 is 0. The molecule has 2 saturated heterocycles. The van der Waals surface area contributed by atoms with Gasteiger partial charge in [0.05, 0.1) is 11.5 Å². The van der Waals surface area contributed by atoms with Crippen molar-refractivity contribution in [2.75, 3.05) is 24.6 Å². The number of hydrogen-bond donors (Lipinski definition) is 1. The highest BCUT2D eigenvalue weighted by Crippen LogP contribution is 2.22. The lowest BCUT2D eigenvalue weighted by molar-refractivity contribution is 0.235. The maximum absolute atomic E-state index is 11.6. The van der Waals surface area contributed by atoms with Crippen LogP contribution in [-0.4, -0.2) is 56.0 Å².